The summed E-state index contributed by atoms with van der Waals surface area (Å²) in [6.45, 7) is 1.81. The molecule has 0 bridgehead atoms. The van der Waals surface area contributed by atoms with Crippen molar-refractivity contribution >= 4 is 28.6 Å². The number of aromatic nitrogens is 4. The van der Waals surface area contributed by atoms with E-state index in [-0.39, 0.29) is 28.9 Å². The van der Waals surface area contributed by atoms with E-state index in [2.05, 4.69) is 15.0 Å². The predicted molar refractivity (Wildman–Crippen MR) is 92.2 cm³/mol. The summed E-state index contributed by atoms with van der Waals surface area (Å²) in [6, 6.07) is 0. The molecular formula is C15H22ClN5O5. The largest absolute Gasteiger partial charge is 0.394 e. The average Bonchev–Trinajstić information content (AvgIpc) is 3.14. The van der Waals surface area contributed by atoms with Crippen LogP contribution in [0.1, 0.15) is 26.2 Å². The van der Waals surface area contributed by atoms with Gasteiger partial charge in [0.1, 0.15) is 24.1 Å². The zero-order valence-corrected chi connectivity index (χ0v) is 15.0. The van der Waals surface area contributed by atoms with Crippen LogP contribution in [0.5, 0.6) is 0 Å². The second-order valence-electron chi connectivity index (χ2n) is 6.13. The van der Waals surface area contributed by atoms with Gasteiger partial charge in [-0.3, -0.25) is 4.57 Å². The lowest BCUT2D eigenvalue weighted by molar-refractivity contribution is -0.314. The number of nitrogen functional groups attached to an aromatic ring is 1. The van der Waals surface area contributed by atoms with Crippen molar-refractivity contribution in [1.29, 1.82) is 0 Å². The molecule has 5 N–H and O–H groups in total. The van der Waals surface area contributed by atoms with E-state index < -0.39 is 30.8 Å². The number of hydrogen-bond acceptors (Lipinski definition) is 9. The highest BCUT2D eigenvalue weighted by atomic mass is 35.5. The quantitative estimate of drug-likeness (QED) is 0.380. The fourth-order valence-electron chi connectivity index (χ4n) is 3.00. The van der Waals surface area contributed by atoms with Crippen molar-refractivity contribution in [2.24, 2.45) is 0 Å². The summed E-state index contributed by atoms with van der Waals surface area (Å²) in [4.78, 5) is 12.1. The van der Waals surface area contributed by atoms with Crippen LogP contribution >= 0.6 is 11.6 Å². The molecule has 1 aliphatic rings. The molecule has 0 aromatic carbocycles. The van der Waals surface area contributed by atoms with E-state index in [1.54, 1.807) is 0 Å². The second kappa shape index (κ2) is 7.59. The molecule has 2 aromatic rings. The van der Waals surface area contributed by atoms with E-state index in [1.165, 1.54) is 10.9 Å². The van der Waals surface area contributed by atoms with Crippen LogP contribution in [0.3, 0.4) is 0 Å². The first-order valence-corrected chi connectivity index (χ1v) is 8.77. The Labute approximate surface area is 154 Å². The molecule has 10 nitrogen and oxygen atoms in total. The van der Waals surface area contributed by atoms with Gasteiger partial charge in [-0.25, -0.2) is 4.98 Å². The Balaban J connectivity index is 2.07. The van der Waals surface area contributed by atoms with Gasteiger partial charge in [0.2, 0.25) is 5.28 Å². The van der Waals surface area contributed by atoms with Crippen LogP contribution in [-0.4, -0.2) is 66.4 Å². The molecule has 2 aromatic heterocycles. The summed E-state index contributed by atoms with van der Waals surface area (Å²) in [5.74, 6) is -1.76. The molecule has 0 spiro atoms. The maximum Gasteiger partial charge on any atom is 0.288 e. The summed E-state index contributed by atoms with van der Waals surface area (Å²) in [7, 11) is 0. The minimum absolute atomic E-state index is 0.0617. The van der Waals surface area contributed by atoms with Crippen molar-refractivity contribution < 1.29 is 24.8 Å². The fourth-order valence-corrected chi connectivity index (χ4v) is 3.17. The Morgan fingerprint density at radius 3 is 2.81 bits per heavy atom. The van der Waals surface area contributed by atoms with Crippen molar-refractivity contribution in [2.75, 3.05) is 18.9 Å². The number of ether oxygens (including phenoxy) is 2. The highest BCUT2D eigenvalue weighted by Gasteiger charge is 2.57. The van der Waals surface area contributed by atoms with Crippen LogP contribution < -0.4 is 5.73 Å². The summed E-state index contributed by atoms with van der Waals surface area (Å²) in [5, 5.41) is 30.3. The number of aliphatic hydroxyl groups excluding tert-OH is 3. The fraction of sp³-hybridized carbons (Fsp3) is 0.667. The van der Waals surface area contributed by atoms with E-state index in [9.17, 15) is 15.3 Å². The molecule has 0 radical (unpaired) electrons. The smallest absolute Gasteiger partial charge is 0.288 e. The molecule has 0 unspecified atom stereocenters. The lowest BCUT2D eigenvalue weighted by Gasteiger charge is -2.33. The summed E-state index contributed by atoms with van der Waals surface area (Å²) in [6.07, 6.45) is 0.0502. The van der Waals surface area contributed by atoms with Crippen molar-refractivity contribution in [3.8, 4) is 0 Å². The molecule has 3 rings (SSSR count). The zero-order valence-electron chi connectivity index (χ0n) is 14.2. The Kier molecular flexibility index (Phi) is 5.61. The SMILES string of the molecule is CCCCCO[C@@]1(n2cnc3c(N)nc(Cl)nc32)O[C@H](CO)[C@@H](O)[C@H]1O. The summed E-state index contributed by atoms with van der Waals surface area (Å²) < 4.78 is 12.9. The maximum atomic E-state index is 10.7. The number of anilines is 1. The molecule has 0 saturated carbocycles. The van der Waals surface area contributed by atoms with Gasteiger partial charge in [0, 0.05) is 0 Å². The maximum absolute atomic E-state index is 10.7. The average molecular weight is 388 g/mol. The summed E-state index contributed by atoms with van der Waals surface area (Å²) >= 11 is 5.89. The molecule has 4 atom stereocenters. The van der Waals surface area contributed by atoms with Crippen molar-refractivity contribution in [3.05, 3.63) is 11.6 Å². The van der Waals surface area contributed by atoms with Crippen molar-refractivity contribution in [3.63, 3.8) is 0 Å². The Morgan fingerprint density at radius 2 is 2.15 bits per heavy atom. The van der Waals surface area contributed by atoms with Crippen LogP contribution in [0.2, 0.25) is 5.28 Å². The molecule has 1 aliphatic heterocycles. The first-order valence-electron chi connectivity index (χ1n) is 8.40. The minimum Gasteiger partial charge on any atom is -0.394 e. The Bertz CT molecular complexity index is 774. The lowest BCUT2D eigenvalue weighted by Crippen LogP contribution is -2.48. The number of nitrogens with two attached hydrogens (primary N) is 1. The van der Waals surface area contributed by atoms with Gasteiger partial charge < -0.3 is 30.5 Å². The van der Waals surface area contributed by atoms with E-state index in [4.69, 9.17) is 26.8 Å². The van der Waals surface area contributed by atoms with Gasteiger partial charge >= 0.3 is 0 Å². The first-order chi connectivity index (χ1) is 12.4. The number of imidazole rings is 1. The third-order valence-corrected chi connectivity index (χ3v) is 4.54. The normalized spacial score (nSPS) is 28.9. The minimum atomic E-state index is -1.82. The van der Waals surface area contributed by atoms with E-state index >= 15 is 0 Å². The summed E-state index contributed by atoms with van der Waals surface area (Å²) in [5.41, 5.74) is 6.26. The van der Waals surface area contributed by atoms with E-state index in [0.717, 1.165) is 19.3 Å². The van der Waals surface area contributed by atoms with E-state index in [1.807, 2.05) is 6.92 Å². The first kappa shape index (κ1) is 19.2. The monoisotopic (exact) mass is 387 g/mol. The standard InChI is InChI=1S/C15H22ClN5O5/c1-2-3-4-5-25-15(11(24)10(23)8(6-22)26-15)21-7-18-9-12(17)19-14(16)20-13(9)21/h7-8,10-11,22-24H,2-6H2,1H3,(H2,17,19,20)/t8-,10-,11-,15-/m1/s1. The molecule has 11 heteroatoms. The zero-order chi connectivity index (χ0) is 18.9. The third kappa shape index (κ3) is 3.13. The Morgan fingerprint density at radius 1 is 1.38 bits per heavy atom. The van der Waals surface area contributed by atoms with Crippen molar-refractivity contribution in [1.82, 2.24) is 19.5 Å². The topological polar surface area (TPSA) is 149 Å². The number of halogens is 1. The van der Waals surface area contributed by atoms with Crippen LogP contribution in [0.4, 0.5) is 5.82 Å². The van der Waals surface area contributed by atoms with Crippen LogP contribution in [0.15, 0.2) is 6.33 Å². The number of rotatable bonds is 7. The van der Waals surface area contributed by atoms with E-state index in [0.29, 0.717) is 0 Å². The molecule has 0 aliphatic carbocycles. The molecule has 0 amide bonds. The third-order valence-electron chi connectivity index (χ3n) is 4.37. The molecule has 144 valence electrons. The van der Waals surface area contributed by atoms with Gasteiger partial charge in [-0.2, -0.15) is 9.97 Å². The van der Waals surface area contributed by atoms with Gasteiger partial charge in [0.25, 0.3) is 5.91 Å². The molecule has 26 heavy (non-hydrogen) atoms. The van der Waals surface area contributed by atoms with Gasteiger partial charge in [-0.1, -0.05) is 19.8 Å². The Hall–Kier alpha value is -1.56. The van der Waals surface area contributed by atoms with Crippen LogP contribution in [0.25, 0.3) is 11.2 Å². The molecule has 3 heterocycles. The van der Waals surface area contributed by atoms with Gasteiger partial charge in [-0.05, 0) is 18.0 Å². The van der Waals surface area contributed by atoms with Crippen LogP contribution in [-0.2, 0) is 15.4 Å². The van der Waals surface area contributed by atoms with Crippen molar-refractivity contribution in [2.45, 2.75) is 50.4 Å². The number of hydrogen-bond donors (Lipinski definition) is 4. The number of nitrogens with zero attached hydrogens (tertiary/aromatic N) is 4. The highest BCUT2D eigenvalue weighted by Crippen LogP contribution is 2.39. The molecule has 1 saturated heterocycles. The lowest BCUT2D eigenvalue weighted by atomic mass is 10.1. The van der Waals surface area contributed by atoms with Gasteiger partial charge in [0.05, 0.1) is 13.2 Å². The number of fused-ring (bicyclic) bond motifs is 1. The van der Waals surface area contributed by atoms with Crippen LogP contribution in [0, 0.1) is 0 Å². The predicted octanol–water partition coefficient (Wildman–Crippen LogP) is -0.00810. The van der Waals surface area contributed by atoms with Gasteiger partial charge in [-0.15, -0.1) is 0 Å². The molecule has 1 fully saturated rings. The van der Waals surface area contributed by atoms with Gasteiger partial charge in [0.15, 0.2) is 17.6 Å². The highest BCUT2D eigenvalue weighted by molar-refractivity contribution is 6.28. The number of aliphatic hydroxyl groups is 3. The molecular weight excluding hydrogens is 366 g/mol. The number of unbranched alkanes of at least 4 members (excludes halogenated alkanes) is 2. The second-order valence-corrected chi connectivity index (χ2v) is 6.46.